The average molecular weight is 514 g/mol. The van der Waals surface area contributed by atoms with Crippen molar-refractivity contribution < 1.29 is 18.3 Å². The molecule has 184 valence electrons. The van der Waals surface area contributed by atoms with E-state index in [0.717, 1.165) is 16.6 Å². The summed E-state index contributed by atoms with van der Waals surface area (Å²) in [5.74, 6) is 1.43. The fourth-order valence-electron chi connectivity index (χ4n) is 4.43. The van der Waals surface area contributed by atoms with Crippen molar-refractivity contribution in [2.24, 2.45) is 17.8 Å². The fraction of sp³-hybridized carbons (Fsp3) is 0.522. The van der Waals surface area contributed by atoms with Gasteiger partial charge in [0, 0.05) is 25.6 Å². The molecule has 34 heavy (non-hydrogen) atoms. The number of nitrogens with one attached hydrogen (secondary N) is 2. The molecule has 0 amide bonds. The molecule has 4 atom stereocenters. The van der Waals surface area contributed by atoms with Gasteiger partial charge in [-0.3, -0.25) is 0 Å². The third-order valence-electron chi connectivity index (χ3n) is 6.61. The highest BCUT2D eigenvalue weighted by atomic mass is 35.5. The molecule has 0 unspecified atom stereocenters. The Kier molecular flexibility index (Phi) is 7.49. The van der Waals surface area contributed by atoms with Crippen LogP contribution in [0.4, 0.5) is 24.9 Å². The maximum atomic E-state index is 12.5. The normalized spacial score (nSPS) is 22.9. The maximum Gasteiger partial charge on any atom is 0.389 e. The summed E-state index contributed by atoms with van der Waals surface area (Å²) in [7, 11) is 0. The number of aliphatic hydroxyl groups excluding tert-OH is 1. The molecule has 1 aliphatic carbocycles. The van der Waals surface area contributed by atoms with Crippen molar-refractivity contribution in [1.29, 1.82) is 0 Å². The minimum atomic E-state index is -4.21. The number of halogens is 4. The van der Waals surface area contributed by atoms with E-state index in [4.69, 9.17) is 16.6 Å². The Balaban J connectivity index is 1.65. The number of thiazole rings is 1. The van der Waals surface area contributed by atoms with E-state index >= 15 is 0 Å². The molecule has 0 saturated heterocycles. The first-order valence-corrected chi connectivity index (χ1v) is 12.5. The first-order valence-electron chi connectivity index (χ1n) is 11.3. The van der Waals surface area contributed by atoms with Crippen molar-refractivity contribution in [2.75, 3.05) is 23.8 Å². The standard InChI is InChI=1S/C23H27ClF3N5OS/c1-12-13(2)16(10-14(12)11-33)29-20-18(21-30-15-6-3-4-7-17(15)34-21)19(24)31-22(32-20)28-9-5-8-23(25,26)27/h3-4,6-7,12-14,16,33H,5,8-11H2,1-2H3,(H2,28,29,31,32)/t12-,13+,14+,16+/m0/s1. The monoisotopic (exact) mass is 513 g/mol. The van der Waals surface area contributed by atoms with Crippen molar-refractivity contribution in [3.63, 3.8) is 0 Å². The molecule has 1 fully saturated rings. The molecule has 0 radical (unpaired) electrons. The van der Waals surface area contributed by atoms with Gasteiger partial charge in [-0.1, -0.05) is 37.6 Å². The van der Waals surface area contributed by atoms with Crippen molar-refractivity contribution >= 4 is 44.9 Å². The zero-order chi connectivity index (χ0) is 24.5. The smallest absolute Gasteiger partial charge is 0.389 e. The lowest BCUT2D eigenvalue weighted by Gasteiger charge is -2.22. The highest BCUT2D eigenvalue weighted by Gasteiger charge is 2.38. The lowest BCUT2D eigenvalue weighted by atomic mass is 9.92. The number of anilines is 2. The van der Waals surface area contributed by atoms with Gasteiger partial charge in [-0.25, -0.2) is 9.97 Å². The highest BCUT2D eigenvalue weighted by molar-refractivity contribution is 7.21. The molecular weight excluding hydrogens is 487 g/mol. The van der Waals surface area contributed by atoms with Crippen LogP contribution in [0.5, 0.6) is 0 Å². The van der Waals surface area contributed by atoms with Crippen LogP contribution in [0.3, 0.4) is 0 Å². The van der Waals surface area contributed by atoms with Gasteiger partial charge in [-0.2, -0.15) is 18.2 Å². The second-order valence-electron chi connectivity index (χ2n) is 8.84. The molecule has 0 aliphatic heterocycles. The molecular formula is C23H27ClF3N5OS. The molecule has 2 aromatic heterocycles. The van der Waals surface area contributed by atoms with Crippen LogP contribution >= 0.6 is 22.9 Å². The van der Waals surface area contributed by atoms with Crippen LogP contribution in [0, 0.1) is 17.8 Å². The second kappa shape index (κ2) is 10.2. The zero-order valence-corrected chi connectivity index (χ0v) is 20.4. The Morgan fingerprint density at radius 1 is 1.15 bits per heavy atom. The average Bonchev–Trinajstić information content (AvgIpc) is 3.32. The Morgan fingerprint density at radius 2 is 1.91 bits per heavy atom. The van der Waals surface area contributed by atoms with Gasteiger partial charge in [-0.15, -0.1) is 11.3 Å². The summed E-state index contributed by atoms with van der Waals surface area (Å²) < 4.78 is 38.4. The summed E-state index contributed by atoms with van der Waals surface area (Å²) in [4.78, 5) is 13.6. The van der Waals surface area contributed by atoms with E-state index in [0.29, 0.717) is 22.3 Å². The Labute approximate surface area is 205 Å². The highest BCUT2D eigenvalue weighted by Crippen LogP contribution is 2.42. The number of hydrogen-bond donors (Lipinski definition) is 3. The minimum Gasteiger partial charge on any atom is -0.396 e. The lowest BCUT2D eigenvalue weighted by molar-refractivity contribution is -0.134. The molecule has 3 N–H and O–H groups in total. The quantitative estimate of drug-likeness (QED) is 0.245. The van der Waals surface area contributed by atoms with Crippen LogP contribution < -0.4 is 10.6 Å². The van der Waals surface area contributed by atoms with Crippen molar-refractivity contribution in [1.82, 2.24) is 15.0 Å². The minimum absolute atomic E-state index is 0.0457. The van der Waals surface area contributed by atoms with Crippen molar-refractivity contribution in [2.45, 2.75) is 45.3 Å². The number of rotatable bonds is 8. The number of nitrogens with zero attached hydrogens (tertiary/aromatic N) is 3. The molecule has 1 aromatic carbocycles. The van der Waals surface area contributed by atoms with Gasteiger partial charge in [0.15, 0.2) is 0 Å². The summed E-state index contributed by atoms with van der Waals surface area (Å²) in [6, 6.07) is 7.78. The Hall–Kier alpha value is -2.17. The SMILES string of the molecule is C[C@@H]1[C@@H](CO)C[C@@H](Nc2nc(NCCCC(F)(F)F)nc(Cl)c2-c2nc3ccccc3s2)[C@@H]1C. The molecule has 3 aromatic rings. The van der Waals surface area contributed by atoms with Gasteiger partial charge in [0.2, 0.25) is 5.95 Å². The topological polar surface area (TPSA) is 83.0 Å². The van der Waals surface area contributed by atoms with E-state index in [-0.39, 0.29) is 48.6 Å². The summed E-state index contributed by atoms with van der Waals surface area (Å²) in [6.45, 7) is 4.45. The predicted octanol–water partition coefficient (Wildman–Crippen LogP) is 6.23. The molecule has 11 heteroatoms. The first kappa shape index (κ1) is 24.9. The van der Waals surface area contributed by atoms with Gasteiger partial charge < -0.3 is 15.7 Å². The number of aromatic nitrogens is 3. The van der Waals surface area contributed by atoms with Crippen LogP contribution in [-0.4, -0.2) is 45.4 Å². The van der Waals surface area contributed by atoms with Crippen LogP contribution in [-0.2, 0) is 0 Å². The van der Waals surface area contributed by atoms with Gasteiger partial charge in [-0.05, 0) is 42.7 Å². The second-order valence-corrected chi connectivity index (χ2v) is 10.2. The molecule has 4 rings (SSSR count). The predicted molar refractivity (Wildman–Crippen MR) is 130 cm³/mol. The van der Waals surface area contributed by atoms with E-state index in [9.17, 15) is 18.3 Å². The van der Waals surface area contributed by atoms with Gasteiger partial charge in [0.05, 0.1) is 15.8 Å². The zero-order valence-electron chi connectivity index (χ0n) is 18.9. The summed E-state index contributed by atoms with van der Waals surface area (Å²) >= 11 is 8.08. The molecule has 1 aliphatic rings. The Morgan fingerprint density at radius 3 is 2.59 bits per heavy atom. The molecule has 6 nitrogen and oxygen atoms in total. The number of hydrogen-bond acceptors (Lipinski definition) is 7. The lowest BCUT2D eigenvalue weighted by Crippen LogP contribution is -2.25. The maximum absolute atomic E-state index is 12.5. The van der Waals surface area contributed by atoms with E-state index in [1.807, 2.05) is 24.3 Å². The van der Waals surface area contributed by atoms with E-state index in [1.54, 1.807) is 0 Å². The largest absolute Gasteiger partial charge is 0.396 e. The molecule has 2 heterocycles. The molecule has 0 spiro atoms. The molecule has 1 saturated carbocycles. The number of benzene rings is 1. The number of aliphatic hydroxyl groups is 1. The van der Waals surface area contributed by atoms with Crippen LogP contribution in [0.15, 0.2) is 24.3 Å². The third-order valence-corrected chi connectivity index (χ3v) is 7.94. The van der Waals surface area contributed by atoms with Crippen molar-refractivity contribution in [3.8, 4) is 10.6 Å². The number of fused-ring (bicyclic) bond motifs is 1. The van der Waals surface area contributed by atoms with Gasteiger partial charge >= 0.3 is 6.18 Å². The first-order chi connectivity index (χ1) is 16.2. The third kappa shape index (κ3) is 5.55. The van der Waals surface area contributed by atoms with Crippen LogP contribution in [0.25, 0.3) is 20.8 Å². The summed E-state index contributed by atoms with van der Waals surface area (Å²) in [5.41, 5.74) is 1.40. The Bertz CT molecular complexity index is 1110. The fourth-order valence-corrected chi connectivity index (χ4v) is 5.76. The number of para-hydroxylation sites is 1. The van der Waals surface area contributed by atoms with E-state index in [1.165, 1.54) is 11.3 Å². The van der Waals surface area contributed by atoms with Crippen LogP contribution in [0.1, 0.15) is 33.1 Å². The summed E-state index contributed by atoms with van der Waals surface area (Å²) in [5, 5.41) is 16.9. The van der Waals surface area contributed by atoms with Gasteiger partial charge in [0.25, 0.3) is 0 Å². The van der Waals surface area contributed by atoms with Gasteiger partial charge in [0.1, 0.15) is 16.0 Å². The summed E-state index contributed by atoms with van der Waals surface area (Å²) in [6.07, 6.45) is -4.42. The molecule has 0 bridgehead atoms. The van der Waals surface area contributed by atoms with E-state index < -0.39 is 12.6 Å². The van der Waals surface area contributed by atoms with Crippen molar-refractivity contribution in [3.05, 3.63) is 29.4 Å². The van der Waals surface area contributed by atoms with Crippen LogP contribution in [0.2, 0.25) is 5.15 Å². The van der Waals surface area contributed by atoms with E-state index in [2.05, 4.69) is 34.4 Å². The number of alkyl halides is 3.